The van der Waals surface area contributed by atoms with E-state index < -0.39 is 15.9 Å². The maximum Gasteiger partial charge on any atom is 0.264 e. The van der Waals surface area contributed by atoms with Crippen molar-refractivity contribution in [3.8, 4) is 0 Å². The Hall–Kier alpha value is -1.93. The summed E-state index contributed by atoms with van der Waals surface area (Å²) in [7, 11) is -3.83. The summed E-state index contributed by atoms with van der Waals surface area (Å²) in [5, 5.41) is 1.96. The summed E-state index contributed by atoms with van der Waals surface area (Å²) >= 11 is 1.20. The van der Waals surface area contributed by atoms with Crippen molar-refractivity contribution in [2.75, 3.05) is 5.73 Å². The molecule has 0 bridgehead atoms. The van der Waals surface area contributed by atoms with Crippen LogP contribution in [0.2, 0.25) is 0 Å². The molecule has 0 aliphatic carbocycles. The molecule has 0 aliphatic rings. The SMILES string of the molecule is Nc1nc(CC(=O)NS(=O)(=O)c2ccccc2)cs1. The zero-order valence-corrected chi connectivity index (χ0v) is 11.4. The molecule has 0 radical (unpaired) electrons. The first-order chi connectivity index (χ1) is 8.97. The van der Waals surface area contributed by atoms with E-state index in [-0.39, 0.29) is 11.3 Å². The summed E-state index contributed by atoms with van der Waals surface area (Å²) in [6, 6.07) is 7.69. The summed E-state index contributed by atoms with van der Waals surface area (Å²) in [5.41, 5.74) is 5.88. The van der Waals surface area contributed by atoms with E-state index in [2.05, 4.69) is 4.98 Å². The van der Waals surface area contributed by atoms with Gasteiger partial charge in [0.1, 0.15) is 0 Å². The van der Waals surface area contributed by atoms with Gasteiger partial charge in [-0.15, -0.1) is 11.3 Å². The fourth-order valence-corrected chi connectivity index (χ4v) is 2.98. The van der Waals surface area contributed by atoms with Crippen LogP contribution in [-0.4, -0.2) is 19.3 Å². The van der Waals surface area contributed by atoms with Crippen molar-refractivity contribution in [2.24, 2.45) is 0 Å². The van der Waals surface area contributed by atoms with Crippen LogP contribution < -0.4 is 10.5 Å². The smallest absolute Gasteiger partial charge is 0.264 e. The molecule has 0 saturated carbocycles. The predicted molar refractivity (Wildman–Crippen MR) is 72.0 cm³/mol. The molecule has 3 N–H and O–H groups in total. The average molecular weight is 297 g/mol. The Bertz CT molecular complexity index is 680. The number of benzene rings is 1. The zero-order chi connectivity index (χ0) is 13.9. The molecule has 1 amide bonds. The first-order valence-electron chi connectivity index (χ1n) is 5.28. The first kappa shape index (κ1) is 13.5. The lowest BCUT2D eigenvalue weighted by atomic mass is 10.3. The van der Waals surface area contributed by atoms with E-state index in [0.717, 1.165) is 0 Å². The Kier molecular flexibility index (Phi) is 3.82. The monoisotopic (exact) mass is 297 g/mol. The van der Waals surface area contributed by atoms with Crippen molar-refractivity contribution in [1.82, 2.24) is 9.71 Å². The molecule has 1 aromatic carbocycles. The number of nitrogens with two attached hydrogens (primary N) is 1. The van der Waals surface area contributed by atoms with Crippen LogP contribution in [0.3, 0.4) is 0 Å². The minimum atomic E-state index is -3.83. The Morgan fingerprint density at radius 2 is 2.00 bits per heavy atom. The number of sulfonamides is 1. The molecular weight excluding hydrogens is 286 g/mol. The second-order valence-electron chi connectivity index (χ2n) is 3.70. The van der Waals surface area contributed by atoms with Gasteiger partial charge in [0.15, 0.2) is 5.13 Å². The van der Waals surface area contributed by atoms with Gasteiger partial charge in [-0.25, -0.2) is 18.1 Å². The number of thiazole rings is 1. The number of aromatic nitrogens is 1. The topological polar surface area (TPSA) is 102 Å². The molecular formula is C11H11N3O3S2. The predicted octanol–water partition coefficient (Wildman–Crippen LogP) is 0.773. The highest BCUT2D eigenvalue weighted by Gasteiger charge is 2.17. The lowest BCUT2D eigenvalue weighted by molar-refractivity contribution is -0.118. The lowest BCUT2D eigenvalue weighted by Gasteiger charge is -2.05. The molecule has 0 spiro atoms. The molecule has 0 saturated heterocycles. The molecule has 100 valence electrons. The van der Waals surface area contributed by atoms with Crippen LogP contribution in [-0.2, 0) is 21.2 Å². The van der Waals surface area contributed by atoms with Gasteiger partial charge in [0.2, 0.25) is 5.91 Å². The molecule has 8 heteroatoms. The number of amides is 1. The Morgan fingerprint density at radius 3 is 2.58 bits per heavy atom. The van der Waals surface area contributed by atoms with E-state index in [1.54, 1.807) is 23.6 Å². The first-order valence-corrected chi connectivity index (χ1v) is 7.64. The van der Waals surface area contributed by atoms with Gasteiger partial charge in [-0.05, 0) is 12.1 Å². The Morgan fingerprint density at radius 1 is 1.32 bits per heavy atom. The summed E-state index contributed by atoms with van der Waals surface area (Å²) in [5.74, 6) is -0.644. The summed E-state index contributed by atoms with van der Waals surface area (Å²) in [6.45, 7) is 0. The minimum Gasteiger partial charge on any atom is -0.375 e. The number of anilines is 1. The van der Waals surface area contributed by atoms with Crippen molar-refractivity contribution >= 4 is 32.4 Å². The third kappa shape index (κ3) is 3.52. The van der Waals surface area contributed by atoms with Gasteiger partial charge >= 0.3 is 0 Å². The summed E-state index contributed by atoms with van der Waals surface area (Å²) < 4.78 is 25.7. The molecule has 0 fully saturated rings. The van der Waals surface area contributed by atoms with Crippen molar-refractivity contribution in [2.45, 2.75) is 11.3 Å². The number of nitrogens with one attached hydrogen (secondary N) is 1. The van der Waals surface area contributed by atoms with E-state index in [1.165, 1.54) is 23.5 Å². The van der Waals surface area contributed by atoms with Crippen molar-refractivity contribution < 1.29 is 13.2 Å². The summed E-state index contributed by atoms with van der Waals surface area (Å²) in [4.78, 5) is 15.6. The standard InChI is InChI=1S/C11H11N3O3S2/c12-11-13-8(7-18-11)6-10(15)14-19(16,17)9-4-2-1-3-5-9/h1-5,7H,6H2,(H2,12,13)(H,14,15). The van der Waals surface area contributed by atoms with Crippen LogP contribution >= 0.6 is 11.3 Å². The molecule has 19 heavy (non-hydrogen) atoms. The number of carbonyl (C=O) groups excluding carboxylic acids is 1. The quantitative estimate of drug-likeness (QED) is 0.868. The van der Waals surface area contributed by atoms with E-state index in [9.17, 15) is 13.2 Å². The molecule has 6 nitrogen and oxygen atoms in total. The number of hydrogen-bond donors (Lipinski definition) is 2. The molecule has 1 aromatic heterocycles. The number of rotatable bonds is 4. The Labute approximate surface area is 114 Å². The highest BCUT2D eigenvalue weighted by molar-refractivity contribution is 7.90. The third-order valence-corrected chi connectivity index (χ3v) is 4.32. The van der Waals surface area contributed by atoms with E-state index in [4.69, 9.17) is 5.73 Å². The average Bonchev–Trinajstić information content (AvgIpc) is 2.75. The van der Waals surface area contributed by atoms with E-state index in [0.29, 0.717) is 10.8 Å². The molecule has 0 aliphatic heterocycles. The highest BCUT2D eigenvalue weighted by Crippen LogP contribution is 2.12. The fourth-order valence-electron chi connectivity index (χ4n) is 1.41. The fraction of sp³-hybridized carbons (Fsp3) is 0.0909. The zero-order valence-electron chi connectivity index (χ0n) is 9.74. The van der Waals surface area contributed by atoms with Gasteiger partial charge in [0, 0.05) is 5.38 Å². The van der Waals surface area contributed by atoms with Crippen LogP contribution in [0, 0.1) is 0 Å². The number of nitrogens with zero attached hydrogens (tertiary/aromatic N) is 1. The van der Waals surface area contributed by atoms with Crippen LogP contribution in [0.15, 0.2) is 40.6 Å². The lowest BCUT2D eigenvalue weighted by Crippen LogP contribution is -2.31. The second-order valence-corrected chi connectivity index (χ2v) is 6.27. The number of nitrogen functional groups attached to an aromatic ring is 1. The van der Waals surface area contributed by atoms with E-state index in [1.807, 2.05) is 4.72 Å². The van der Waals surface area contributed by atoms with Gasteiger partial charge in [0.05, 0.1) is 17.0 Å². The number of carbonyl (C=O) groups is 1. The van der Waals surface area contributed by atoms with E-state index >= 15 is 0 Å². The Balaban J connectivity index is 2.07. The van der Waals surface area contributed by atoms with Gasteiger partial charge < -0.3 is 5.73 Å². The van der Waals surface area contributed by atoms with Gasteiger partial charge in [-0.3, -0.25) is 4.79 Å². The molecule has 0 unspecified atom stereocenters. The van der Waals surface area contributed by atoms with Crippen LogP contribution in [0.5, 0.6) is 0 Å². The van der Waals surface area contributed by atoms with Gasteiger partial charge in [0.25, 0.3) is 10.0 Å². The number of hydrogen-bond acceptors (Lipinski definition) is 6. The van der Waals surface area contributed by atoms with Crippen LogP contribution in [0.4, 0.5) is 5.13 Å². The third-order valence-electron chi connectivity index (χ3n) is 2.21. The van der Waals surface area contributed by atoms with Crippen molar-refractivity contribution in [3.63, 3.8) is 0 Å². The van der Waals surface area contributed by atoms with Gasteiger partial charge in [-0.2, -0.15) is 0 Å². The molecule has 2 aromatic rings. The van der Waals surface area contributed by atoms with Crippen LogP contribution in [0.1, 0.15) is 5.69 Å². The molecule has 0 atom stereocenters. The van der Waals surface area contributed by atoms with Crippen molar-refractivity contribution in [1.29, 1.82) is 0 Å². The molecule has 2 rings (SSSR count). The minimum absolute atomic E-state index is 0.0427. The van der Waals surface area contributed by atoms with Gasteiger partial charge in [-0.1, -0.05) is 18.2 Å². The van der Waals surface area contributed by atoms with Crippen LogP contribution in [0.25, 0.3) is 0 Å². The molecule has 1 heterocycles. The second kappa shape index (κ2) is 5.37. The maximum absolute atomic E-state index is 11.9. The highest BCUT2D eigenvalue weighted by atomic mass is 32.2. The maximum atomic E-state index is 11.9. The largest absolute Gasteiger partial charge is 0.375 e. The van der Waals surface area contributed by atoms with Crippen molar-refractivity contribution in [3.05, 3.63) is 41.4 Å². The summed E-state index contributed by atoms with van der Waals surface area (Å²) in [6.07, 6.45) is -0.125. The normalized spacial score (nSPS) is 11.2.